The maximum absolute atomic E-state index is 10.6. The minimum atomic E-state index is -1.04. The number of benzene rings is 1. The maximum Gasteiger partial charge on any atom is 0.341 e. The summed E-state index contributed by atoms with van der Waals surface area (Å²) in [6.07, 6.45) is 4.12. The smallest absolute Gasteiger partial charge is 0.341 e. The van der Waals surface area contributed by atoms with E-state index in [9.17, 15) is 4.79 Å². The van der Waals surface area contributed by atoms with Crippen LogP contribution in [0.15, 0.2) is 28.7 Å². The fourth-order valence-corrected chi connectivity index (χ4v) is 2.07. The fourth-order valence-electron chi connectivity index (χ4n) is 2.07. The topological polar surface area (TPSA) is 79.9 Å². The normalized spacial score (nSPS) is 11.3. The molecule has 0 aliphatic heterocycles. The Bertz CT molecular complexity index is 639. The monoisotopic (exact) mass is 276 g/mol. The van der Waals surface area contributed by atoms with Crippen molar-refractivity contribution in [1.29, 1.82) is 0 Å². The van der Waals surface area contributed by atoms with Crippen molar-refractivity contribution in [3.05, 3.63) is 35.6 Å². The molecular weight excluding hydrogens is 260 g/mol. The first-order chi connectivity index (χ1) is 9.67. The second-order valence-electron chi connectivity index (χ2n) is 4.23. The first kappa shape index (κ1) is 14.1. The van der Waals surface area contributed by atoms with Gasteiger partial charge in [0.25, 0.3) is 0 Å². The van der Waals surface area contributed by atoms with Gasteiger partial charge in [0, 0.05) is 17.6 Å². The van der Waals surface area contributed by atoms with Gasteiger partial charge in [0.1, 0.15) is 5.76 Å². The van der Waals surface area contributed by atoms with Crippen molar-refractivity contribution in [2.75, 3.05) is 13.2 Å². The summed E-state index contributed by atoms with van der Waals surface area (Å²) in [6.45, 7) is 1.46. The second kappa shape index (κ2) is 6.25. The molecule has 0 amide bonds. The lowest BCUT2D eigenvalue weighted by Crippen LogP contribution is -2.09. The number of carboxylic acids is 1. The average molecular weight is 276 g/mol. The summed E-state index contributed by atoms with van der Waals surface area (Å²) in [5.74, 6) is 0.000543. The lowest BCUT2D eigenvalue weighted by molar-refractivity contribution is -0.139. The standard InChI is InChI=1S/C15H16O5/c1-2-4-12-10(7-8-16)11-5-3-6-13(15(11)20-12)19-9-14(17)18/h2-6,16H,7-9H2,1H3,(H,17,18). The highest BCUT2D eigenvalue weighted by Crippen LogP contribution is 2.33. The Balaban J connectivity index is 2.51. The molecule has 2 N–H and O–H groups in total. The summed E-state index contributed by atoms with van der Waals surface area (Å²) in [4.78, 5) is 10.6. The van der Waals surface area contributed by atoms with Crippen molar-refractivity contribution in [2.24, 2.45) is 0 Å². The van der Waals surface area contributed by atoms with Gasteiger partial charge < -0.3 is 19.4 Å². The summed E-state index contributed by atoms with van der Waals surface area (Å²) in [5, 5.41) is 18.7. The van der Waals surface area contributed by atoms with E-state index in [1.54, 1.807) is 12.1 Å². The van der Waals surface area contributed by atoms with E-state index in [1.165, 1.54) is 0 Å². The molecule has 0 bridgehead atoms. The molecule has 0 radical (unpaired) electrons. The molecule has 0 saturated heterocycles. The largest absolute Gasteiger partial charge is 0.479 e. The van der Waals surface area contributed by atoms with Crippen LogP contribution in [0.5, 0.6) is 5.75 Å². The summed E-state index contributed by atoms with van der Waals surface area (Å²) in [5.41, 5.74) is 1.40. The third-order valence-electron chi connectivity index (χ3n) is 2.84. The number of para-hydroxylation sites is 1. The molecule has 0 aliphatic carbocycles. The van der Waals surface area contributed by atoms with Crippen LogP contribution in [0, 0.1) is 0 Å². The number of fused-ring (bicyclic) bond motifs is 1. The predicted molar refractivity (Wildman–Crippen MR) is 74.8 cm³/mol. The van der Waals surface area contributed by atoms with Crippen LogP contribution in [0.1, 0.15) is 18.2 Å². The molecule has 0 unspecified atom stereocenters. The van der Waals surface area contributed by atoms with Crippen molar-refractivity contribution >= 4 is 23.0 Å². The lowest BCUT2D eigenvalue weighted by Gasteiger charge is -2.03. The van der Waals surface area contributed by atoms with E-state index >= 15 is 0 Å². The highest BCUT2D eigenvalue weighted by Gasteiger charge is 2.15. The molecule has 0 aliphatic rings. The molecule has 0 atom stereocenters. The Morgan fingerprint density at radius 2 is 2.25 bits per heavy atom. The predicted octanol–water partition coefficient (Wildman–Crippen LogP) is 2.46. The second-order valence-corrected chi connectivity index (χ2v) is 4.23. The Morgan fingerprint density at radius 3 is 2.90 bits per heavy atom. The van der Waals surface area contributed by atoms with E-state index in [-0.39, 0.29) is 6.61 Å². The van der Waals surface area contributed by atoms with Crippen molar-refractivity contribution in [2.45, 2.75) is 13.3 Å². The quantitative estimate of drug-likeness (QED) is 0.847. The molecule has 0 saturated carbocycles. The molecule has 1 heterocycles. The van der Waals surface area contributed by atoms with Gasteiger partial charge in [0.15, 0.2) is 17.9 Å². The van der Waals surface area contributed by atoms with Crippen LogP contribution in [-0.2, 0) is 11.2 Å². The molecule has 0 spiro atoms. The Labute approximate surface area is 116 Å². The van der Waals surface area contributed by atoms with E-state index < -0.39 is 12.6 Å². The van der Waals surface area contributed by atoms with Crippen LogP contribution < -0.4 is 4.74 Å². The number of ether oxygens (including phenoxy) is 1. The van der Waals surface area contributed by atoms with Crippen LogP contribution in [0.3, 0.4) is 0 Å². The van der Waals surface area contributed by atoms with Crippen molar-refractivity contribution in [1.82, 2.24) is 0 Å². The zero-order valence-corrected chi connectivity index (χ0v) is 11.1. The maximum atomic E-state index is 10.6. The number of aliphatic hydroxyl groups is 1. The van der Waals surface area contributed by atoms with Crippen molar-refractivity contribution in [3.63, 3.8) is 0 Å². The molecule has 5 heteroatoms. The number of aliphatic hydroxyl groups excluding tert-OH is 1. The Kier molecular flexibility index (Phi) is 4.42. The Morgan fingerprint density at radius 1 is 1.45 bits per heavy atom. The number of hydrogen-bond donors (Lipinski definition) is 2. The van der Waals surface area contributed by atoms with E-state index in [0.29, 0.717) is 23.5 Å². The molecule has 106 valence electrons. The molecule has 2 rings (SSSR count). The average Bonchev–Trinajstić information content (AvgIpc) is 2.76. The summed E-state index contributed by atoms with van der Waals surface area (Å²) in [7, 11) is 0. The van der Waals surface area contributed by atoms with E-state index in [1.807, 2.05) is 25.1 Å². The zero-order valence-electron chi connectivity index (χ0n) is 11.1. The van der Waals surface area contributed by atoms with Crippen LogP contribution >= 0.6 is 0 Å². The number of carbonyl (C=O) groups is 1. The van der Waals surface area contributed by atoms with Gasteiger partial charge in [-0.05, 0) is 25.5 Å². The van der Waals surface area contributed by atoms with Crippen LogP contribution in [0.25, 0.3) is 17.0 Å². The van der Waals surface area contributed by atoms with E-state index in [4.69, 9.17) is 19.4 Å². The number of aliphatic carboxylic acids is 1. The Hall–Kier alpha value is -2.27. The fraction of sp³-hybridized carbons (Fsp3) is 0.267. The molecule has 0 fully saturated rings. The number of hydrogen-bond acceptors (Lipinski definition) is 4. The van der Waals surface area contributed by atoms with Gasteiger partial charge in [-0.15, -0.1) is 0 Å². The van der Waals surface area contributed by atoms with Crippen LogP contribution in [0.2, 0.25) is 0 Å². The van der Waals surface area contributed by atoms with Crippen LogP contribution in [-0.4, -0.2) is 29.4 Å². The number of rotatable bonds is 6. The molecule has 2 aromatic rings. The zero-order chi connectivity index (χ0) is 14.5. The highest BCUT2D eigenvalue weighted by molar-refractivity contribution is 5.89. The summed E-state index contributed by atoms with van der Waals surface area (Å²) >= 11 is 0. The first-order valence-electron chi connectivity index (χ1n) is 6.30. The van der Waals surface area contributed by atoms with Gasteiger partial charge in [-0.25, -0.2) is 4.79 Å². The first-order valence-corrected chi connectivity index (χ1v) is 6.30. The summed E-state index contributed by atoms with van der Waals surface area (Å²) < 4.78 is 11.0. The molecular formula is C15H16O5. The minimum Gasteiger partial charge on any atom is -0.479 e. The van der Waals surface area contributed by atoms with Crippen molar-refractivity contribution in [3.8, 4) is 5.75 Å². The van der Waals surface area contributed by atoms with Gasteiger partial charge in [0.2, 0.25) is 0 Å². The number of furan rings is 1. The van der Waals surface area contributed by atoms with Gasteiger partial charge in [0.05, 0.1) is 0 Å². The number of allylic oxidation sites excluding steroid dienone is 1. The third kappa shape index (κ3) is 2.83. The molecule has 5 nitrogen and oxygen atoms in total. The SMILES string of the molecule is CC=Cc1oc2c(OCC(=O)O)cccc2c1CCO. The van der Waals surface area contributed by atoms with E-state index in [2.05, 4.69) is 0 Å². The van der Waals surface area contributed by atoms with Gasteiger partial charge in [-0.3, -0.25) is 0 Å². The summed E-state index contributed by atoms with van der Waals surface area (Å²) in [6, 6.07) is 5.30. The number of carboxylic acid groups (broad SMARTS) is 1. The van der Waals surface area contributed by atoms with Crippen LogP contribution in [0.4, 0.5) is 0 Å². The van der Waals surface area contributed by atoms with Gasteiger partial charge >= 0.3 is 5.97 Å². The van der Waals surface area contributed by atoms with Crippen molar-refractivity contribution < 1.29 is 24.2 Å². The van der Waals surface area contributed by atoms with Gasteiger partial charge in [-0.2, -0.15) is 0 Å². The third-order valence-corrected chi connectivity index (χ3v) is 2.84. The molecule has 20 heavy (non-hydrogen) atoms. The van der Waals surface area contributed by atoms with Gasteiger partial charge in [-0.1, -0.05) is 18.2 Å². The minimum absolute atomic E-state index is 0.0133. The molecule has 1 aromatic carbocycles. The lowest BCUT2D eigenvalue weighted by atomic mass is 10.1. The molecule has 1 aromatic heterocycles. The van der Waals surface area contributed by atoms with E-state index in [0.717, 1.165) is 10.9 Å². The highest BCUT2D eigenvalue weighted by atomic mass is 16.5.